The van der Waals surface area contributed by atoms with Gasteiger partial charge in [-0.25, -0.2) is 0 Å². The number of hydrogen-bond acceptors (Lipinski definition) is 5. The Bertz CT molecular complexity index is 1200. The maximum absolute atomic E-state index is 12.6. The first kappa shape index (κ1) is 18.6. The quantitative estimate of drug-likeness (QED) is 0.350. The van der Waals surface area contributed by atoms with Crippen LogP contribution in [0.25, 0.3) is 10.8 Å². The Morgan fingerprint density at radius 2 is 1.72 bits per heavy atom. The van der Waals surface area contributed by atoms with Crippen molar-refractivity contribution < 1.29 is 9.72 Å². The number of rotatable bonds is 5. The molecule has 4 rings (SSSR count). The number of nitro benzene ring substituents is 1. The monoisotopic (exact) mass is 401 g/mol. The van der Waals surface area contributed by atoms with Crippen molar-refractivity contribution in [3.63, 3.8) is 0 Å². The molecule has 142 valence electrons. The largest absolute Gasteiger partial charge is 0.320 e. The van der Waals surface area contributed by atoms with Gasteiger partial charge in [0.25, 0.3) is 11.6 Å². The molecule has 29 heavy (non-hydrogen) atoms. The molecule has 0 unspecified atom stereocenters. The third kappa shape index (κ3) is 3.95. The van der Waals surface area contributed by atoms with E-state index in [0.717, 1.165) is 9.79 Å². The lowest BCUT2D eigenvalue weighted by molar-refractivity contribution is -0.383. The molecule has 0 radical (unpaired) electrons. The van der Waals surface area contributed by atoms with Crippen molar-refractivity contribution in [1.82, 2.24) is 4.98 Å². The molecule has 1 aromatic heterocycles. The summed E-state index contributed by atoms with van der Waals surface area (Å²) in [5, 5.41) is 15.5. The van der Waals surface area contributed by atoms with Crippen LogP contribution in [0.4, 0.5) is 11.4 Å². The summed E-state index contributed by atoms with van der Waals surface area (Å²) >= 11 is 1.49. The van der Waals surface area contributed by atoms with Gasteiger partial charge in [0.15, 0.2) is 0 Å². The second-order valence-electron chi connectivity index (χ2n) is 6.15. The summed E-state index contributed by atoms with van der Waals surface area (Å²) in [5.41, 5.74) is 0.763. The van der Waals surface area contributed by atoms with Gasteiger partial charge < -0.3 is 5.32 Å². The highest BCUT2D eigenvalue weighted by Gasteiger charge is 2.19. The molecular formula is C22H15N3O3S. The Kier molecular flexibility index (Phi) is 5.22. The number of carbonyl (C=O) groups is 1. The zero-order valence-corrected chi connectivity index (χ0v) is 15.9. The molecule has 0 aliphatic carbocycles. The Morgan fingerprint density at radius 3 is 2.45 bits per heavy atom. The van der Waals surface area contributed by atoms with Crippen molar-refractivity contribution in [2.75, 3.05) is 5.32 Å². The molecule has 6 nitrogen and oxygen atoms in total. The third-order valence-electron chi connectivity index (χ3n) is 4.29. The number of nitrogens with one attached hydrogen (secondary N) is 1. The van der Waals surface area contributed by atoms with E-state index in [1.165, 1.54) is 17.8 Å². The van der Waals surface area contributed by atoms with Crippen LogP contribution in [-0.2, 0) is 0 Å². The minimum atomic E-state index is -0.413. The van der Waals surface area contributed by atoms with Gasteiger partial charge in [-0.3, -0.25) is 19.9 Å². The molecule has 3 aromatic carbocycles. The molecule has 0 aliphatic rings. The second kappa shape index (κ2) is 8.12. The van der Waals surface area contributed by atoms with Crippen LogP contribution in [-0.4, -0.2) is 15.8 Å². The van der Waals surface area contributed by atoms with E-state index in [1.54, 1.807) is 42.6 Å². The van der Waals surface area contributed by atoms with E-state index in [-0.39, 0.29) is 17.3 Å². The smallest absolute Gasteiger partial charge is 0.277 e. The van der Waals surface area contributed by atoms with Crippen LogP contribution in [0, 0.1) is 10.1 Å². The van der Waals surface area contributed by atoms with Crippen LogP contribution in [0.1, 0.15) is 10.5 Å². The van der Waals surface area contributed by atoms with E-state index in [2.05, 4.69) is 10.3 Å². The lowest BCUT2D eigenvalue weighted by Crippen LogP contribution is -2.13. The summed E-state index contributed by atoms with van der Waals surface area (Å²) in [6.45, 7) is 0. The van der Waals surface area contributed by atoms with Crippen LogP contribution in [0.2, 0.25) is 0 Å². The summed E-state index contributed by atoms with van der Waals surface area (Å²) in [6.07, 6.45) is 1.54. The van der Waals surface area contributed by atoms with Gasteiger partial charge in [0.2, 0.25) is 0 Å². The zero-order valence-electron chi connectivity index (χ0n) is 15.1. The van der Waals surface area contributed by atoms with Crippen molar-refractivity contribution >= 4 is 39.8 Å². The fraction of sp³-hybridized carbons (Fsp3) is 0. The lowest BCUT2D eigenvalue weighted by atomic mass is 10.1. The highest BCUT2D eigenvalue weighted by molar-refractivity contribution is 7.99. The molecule has 0 saturated carbocycles. The van der Waals surface area contributed by atoms with Crippen molar-refractivity contribution in [3.05, 3.63) is 101 Å². The molecule has 0 bridgehead atoms. The Labute approximate surface area is 170 Å². The first-order chi connectivity index (χ1) is 14.1. The number of nitrogens with zero attached hydrogens (tertiary/aromatic N) is 2. The van der Waals surface area contributed by atoms with E-state index < -0.39 is 4.92 Å². The van der Waals surface area contributed by atoms with Gasteiger partial charge >= 0.3 is 0 Å². The molecule has 1 amide bonds. The van der Waals surface area contributed by atoms with E-state index in [0.29, 0.717) is 16.5 Å². The minimum absolute atomic E-state index is 0.00801. The van der Waals surface area contributed by atoms with Crippen LogP contribution < -0.4 is 5.32 Å². The molecule has 0 aliphatic heterocycles. The zero-order chi connectivity index (χ0) is 20.2. The van der Waals surface area contributed by atoms with E-state index in [1.807, 2.05) is 36.4 Å². The van der Waals surface area contributed by atoms with Gasteiger partial charge in [0.05, 0.1) is 16.0 Å². The van der Waals surface area contributed by atoms with Gasteiger partial charge in [-0.1, -0.05) is 42.1 Å². The third-order valence-corrected chi connectivity index (χ3v) is 5.36. The molecule has 1 N–H and O–H groups in total. The second-order valence-corrected chi connectivity index (χ2v) is 7.27. The molecule has 0 fully saturated rings. The average molecular weight is 401 g/mol. The van der Waals surface area contributed by atoms with Gasteiger partial charge in [-0.2, -0.15) is 0 Å². The van der Waals surface area contributed by atoms with Crippen molar-refractivity contribution in [2.24, 2.45) is 0 Å². The first-order valence-electron chi connectivity index (χ1n) is 8.79. The fourth-order valence-electron chi connectivity index (χ4n) is 3.01. The molecular weight excluding hydrogens is 386 g/mol. The molecule has 7 heteroatoms. The van der Waals surface area contributed by atoms with Gasteiger partial charge in [-0.15, -0.1) is 0 Å². The number of fused-ring (bicyclic) bond motifs is 1. The minimum Gasteiger partial charge on any atom is -0.320 e. The highest BCUT2D eigenvalue weighted by atomic mass is 32.2. The number of nitro groups is 1. The molecule has 0 atom stereocenters. The Morgan fingerprint density at radius 1 is 0.931 bits per heavy atom. The number of benzene rings is 3. The van der Waals surface area contributed by atoms with Gasteiger partial charge in [-0.05, 0) is 42.5 Å². The topological polar surface area (TPSA) is 85.1 Å². The number of carbonyl (C=O) groups excluding carboxylic acids is 1. The SMILES string of the molecule is O=C(Nc1ccc([N+](=O)[O-])c2cccc(Sc3ccccc3)c12)c1ccccn1. The normalized spacial score (nSPS) is 10.6. The Balaban J connectivity index is 1.84. The number of anilines is 1. The standard InChI is InChI=1S/C22H15N3O3S/c26-22(18-10-4-5-14-23-18)24-17-12-13-19(25(27)28)16-9-6-11-20(21(16)17)29-15-7-2-1-3-8-15/h1-14H,(H,24,26). The van der Waals surface area contributed by atoms with Gasteiger partial charge in [0, 0.05) is 27.4 Å². The highest BCUT2D eigenvalue weighted by Crippen LogP contribution is 2.40. The molecule has 0 saturated heterocycles. The van der Waals surface area contributed by atoms with Crippen molar-refractivity contribution in [3.8, 4) is 0 Å². The molecule has 1 heterocycles. The van der Waals surface area contributed by atoms with Gasteiger partial charge in [0.1, 0.15) is 5.69 Å². The number of amides is 1. The lowest BCUT2D eigenvalue weighted by Gasteiger charge is -2.13. The average Bonchev–Trinajstić information content (AvgIpc) is 2.75. The van der Waals surface area contributed by atoms with E-state index in [9.17, 15) is 14.9 Å². The summed E-state index contributed by atoms with van der Waals surface area (Å²) in [7, 11) is 0. The fourth-order valence-corrected chi connectivity index (χ4v) is 4.02. The number of aromatic nitrogens is 1. The number of non-ortho nitro benzene ring substituents is 1. The van der Waals surface area contributed by atoms with Crippen molar-refractivity contribution in [1.29, 1.82) is 0 Å². The maximum Gasteiger partial charge on any atom is 0.277 e. The maximum atomic E-state index is 12.6. The summed E-state index contributed by atoms with van der Waals surface area (Å²) < 4.78 is 0. The molecule has 0 spiro atoms. The summed E-state index contributed by atoms with van der Waals surface area (Å²) in [4.78, 5) is 29.6. The summed E-state index contributed by atoms with van der Waals surface area (Å²) in [6, 6.07) is 23.1. The number of hydrogen-bond donors (Lipinski definition) is 1. The molecule has 4 aromatic rings. The predicted octanol–water partition coefficient (Wildman–Crippen LogP) is 5.55. The van der Waals surface area contributed by atoms with Crippen LogP contribution >= 0.6 is 11.8 Å². The Hall–Kier alpha value is -3.71. The van der Waals surface area contributed by atoms with Crippen LogP contribution in [0.3, 0.4) is 0 Å². The van der Waals surface area contributed by atoms with E-state index >= 15 is 0 Å². The first-order valence-corrected chi connectivity index (χ1v) is 9.60. The number of pyridine rings is 1. The summed E-state index contributed by atoms with van der Waals surface area (Å²) in [5.74, 6) is -0.375. The van der Waals surface area contributed by atoms with Crippen LogP contribution in [0.15, 0.2) is 94.9 Å². The van der Waals surface area contributed by atoms with Crippen molar-refractivity contribution in [2.45, 2.75) is 9.79 Å². The van der Waals surface area contributed by atoms with E-state index in [4.69, 9.17) is 0 Å². The van der Waals surface area contributed by atoms with Crippen LogP contribution in [0.5, 0.6) is 0 Å². The predicted molar refractivity (Wildman–Crippen MR) is 113 cm³/mol.